The van der Waals surface area contributed by atoms with Gasteiger partial charge in [-0.25, -0.2) is 0 Å². The van der Waals surface area contributed by atoms with E-state index in [9.17, 15) is 9.59 Å². The maximum Gasteiger partial charge on any atom is 0.220 e. The number of hydrogen-bond acceptors (Lipinski definition) is 2. The highest BCUT2D eigenvalue weighted by Gasteiger charge is 2.16. The fourth-order valence-corrected chi connectivity index (χ4v) is 1.87. The molecule has 0 aromatic heterocycles. The third-order valence-electron chi connectivity index (χ3n) is 2.71. The van der Waals surface area contributed by atoms with Crippen LogP contribution in [0.2, 0.25) is 0 Å². The van der Waals surface area contributed by atoms with E-state index in [4.69, 9.17) is 0 Å². The van der Waals surface area contributed by atoms with Crippen LogP contribution in [0.3, 0.4) is 0 Å². The summed E-state index contributed by atoms with van der Waals surface area (Å²) in [7, 11) is 0. The number of nitrogens with one attached hydrogen (secondary N) is 1. The number of aldehydes is 1. The van der Waals surface area contributed by atoms with Crippen LogP contribution in [0.4, 0.5) is 0 Å². The molecule has 0 aromatic carbocycles. The Balaban J connectivity index is 2.21. The molecule has 1 saturated carbocycles. The van der Waals surface area contributed by atoms with Crippen molar-refractivity contribution in [1.29, 1.82) is 0 Å². The van der Waals surface area contributed by atoms with E-state index in [0.29, 0.717) is 12.5 Å². The van der Waals surface area contributed by atoms with Crippen LogP contribution < -0.4 is 5.32 Å². The minimum atomic E-state index is -0.154. The first-order valence-corrected chi connectivity index (χ1v) is 5.47. The number of carbonyl (C=O) groups is 2. The van der Waals surface area contributed by atoms with E-state index in [-0.39, 0.29) is 11.8 Å². The van der Waals surface area contributed by atoms with Gasteiger partial charge in [0.05, 0.1) is 0 Å². The fourth-order valence-electron chi connectivity index (χ4n) is 1.87. The zero-order valence-corrected chi connectivity index (χ0v) is 8.79. The van der Waals surface area contributed by atoms with Crippen LogP contribution in [0, 0.1) is 5.92 Å². The summed E-state index contributed by atoms with van der Waals surface area (Å²) in [4.78, 5) is 21.8. The second-order valence-corrected chi connectivity index (χ2v) is 4.22. The van der Waals surface area contributed by atoms with Gasteiger partial charge < -0.3 is 10.1 Å². The first-order valence-electron chi connectivity index (χ1n) is 5.47. The van der Waals surface area contributed by atoms with Crippen molar-refractivity contribution in [2.24, 2.45) is 5.92 Å². The quantitative estimate of drug-likeness (QED) is 0.697. The van der Waals surface area contributed by atoms with Crippen LogP contribution in [0.1, 0.15) is 45.4 Å². The maximum atomic E-state index is 11.4. The molecule has 1 aliphatic rings. The van der Waals surface area contributed by atoms with Gasteiger partial charge in [-0.2, -0.15) is 0 Å². The Morgan fingerprint density at radius 1 is 1.43 bits per heavy atom. The van der Waals surface area contributed by atoms with E-state index in [1.807, 2.05) is 0 Å². The zero-order chi connectivity index (χ0) is 10.4. The van der Waals surface area contributed by atoms with Gasteiger partial charge >= 0.3 is 0 Å². The molecule has 0 unspecified atom stereocenters. The molecular formula is C11H19NO2. The van der Waals surface area contributed by atoms with Crippen molar-refractivity contribution in [3.63, 3.8) is 0 Å². The molecule has 0 saturated heterocycles. The van der Waals surface area contributed by atoms with Gasteiger partial charge in [0.15, 0.2) is 0 Å². The van der Waals surface area contributed by atoms with Gasteiger partial charge in [0.2, 0.25) is 5.91 Å². The zero-order valence-electron chi connectivity index (χ0n) is 8.79. The van der Waals surface area contributed by atoms with Gasteiger partial charge in [-0.1, -0.05) is 26.2 Å². The first kappa shape index (κ1) is 11.2. The number of carbonyl (C=O) groups excluding carboxylic acids is 2. The summed E-state index contributed by atoms with van der Waals surface area (Å²) in [5, 5.41) is 2.99. The molecule has 0 heterocycles. The lowest BCUT2D eigenvalue weighted by Crippen LogP contribution is -2.36. The molecule has 1 atom stereocenters. The lowest BCUT2D eigenvalue weighted by Gasteiger charge is -2.22. The average Bonchev–Trinajstić information content (AvgIpc) is 2.19. The fraction of sp³-hybridized carbons (Fsp3) is 0.818. The topological polar surface area (TPSA) is 46.2 Å². The molecule has 80 valence electrons. The molecule has 0 aromatic rings. The second-order valence-electron chi connectivity index (χ2n) is 4.22. The van der Waals surface area contributed by atoms with Crippen molar-refractivity contribution in [2.75, 3.05) is 0 Å². The van der Waals surface area contributed by atoms with Crippen LogP contribution in [-0.4, -0.2) is 18.2 Å². The Labute approximate surface area is 85.3 Å². The molecule has 0 spiro atoms. The number of amides is 1. The van der Waals surface area contributed by atoms with Crippen LogP contribution in [0.15, 0.2) is 0 Å². The van der Waals surface area contributed by atoms with Crippen LogP contribution in [0.25, 0.3) is 0 Å². The SMILES string of the molecule is C[C@H](C=O)CC(=O)NC1CCCCC1. The summed E-state index contributed by atoms with van der Waals surface area (Å²) in [5.41, 5.74) is 0. The highest BCUT2D eigenvalue weighted by Crippen LogP contribution is 2.17. The normalized spacial score (nSPS) is 20.1. The lowest BCUT2D eigenvalue weighted by atomic mass is 9.95. The van der Waals surface area contributed by atoms with E-state index in [0.717, 1.165) is 19.1 Å². The smallest absolute Gasteiger partial charge is 0.220 e. The maximum absolute atomic E-state index is 11.4. The van der Waals surface area contributed by atoms with Gasteiger partial charge in [0.25, 0.3) is 0 Å². The van der Waals surface area contributed by atoms with Crippen molar-refractivity contribution in [2.45, 2.75) is 51.5 Å². The van der Waals surface area contributed by atoms with E-state index < -0.39 is 0 Å². The van der Waals surface area contributed by atoms with Crippen molar-refractivity contribution < 1.29 is 9.59 Å². The van der Waals surface area contributed by atoms with Gasteiger partial charge in [-0.3, -0.25) is 4.79 Å². The largest absolute Gasteiger partial charge is 0.353 e. The third kappa shape index (κ3) is 3.90. The van der Waals surface area contributed by atoms with Gasteiger partial charge in [-0.05, 0) is 12.8 Å². The summed E-state index contributed by atoms with van der Waals surface area (Å²) < 4.78 is 0. The Morgan fingerprint density at radius 3 is 2.64 bits per heavy atom. The predicted octanol–water partition coefficient (Wildman–Crippen LogP) is 1.66. The van der Waals surface area contributed by atoms with Crippen molar-refractivity contribution in [3.05, 3.63) is 0 Å². The summed E-state index contributed by atoms with van der Waals surface area (Å²) in [6.07, 6.45) is 7.09. The minimum absolute atomic E-state index is 0.0245. The Bertz CT molecular complexity index is 197. The van der Waals surface area contributed by atoms with Crippen LogP contribution >= 0.6 is 0 Å². The van der Waals surface area contributed by atoms with Crippen molar-refractivity contribution in [3.8, 4) is 0 Å². The molecule has 1 amide bonds. The van der Waals surface area contributed by atoms with E-state index in [1.165, 1.54) is 19.3 Å². The molecule has 3 nitrogen and oxygen atoms in total. The van der Waals surface area contributed by atoms with Gasteiger partial charge in [-0.15, -0.1) is 0 Å². The third-order valence-corrected chi connectivity index (χ3v) is 2.71. The summed E-state index contributed by atoms with van der Waals surface area (Å²) in [6.45, 7) is 1.77. The van der Waals surface area contributed by atoms with Crippen LogP contribution in [-0.2, 0) is 9.59 Å². The second kappa shape index (κ2) is 5.78. The molecule has 0 aliphatic heterocycles. The summed E-state index contributed by atoms with van der Waals surface area (Å²) in [6, 6.07) is 0.357. The average molecular weight is 197 g/mol. The van der Waals surface area contributed by atoms with Crippen molar-refractivity contribution >= 4 is 12.2 Å². The molecule has 1 fully saturated rings. The van der Waals surface area contributed by atoms with E-state index in [1.54, 1.807) is 6.92 Å². The monoisotopic (exact) mass is 197 g/mol. The molecule has 14 heavy (non-hydrogen) atoms. The van der Waals surface area contributed by atoms with Gasteiger partial charge in [0.1, 0.15) is 6.29 Å². The lowest BCUT2D eigenvalue weighted by molar-refractivity contribution is -0.125. The Kier molecular flexibility index (Phi) is 4.63. The number of rotatable bonds is 4. The summed E-state index contributed by atoms with van der Waals surface area (Å²) in [5.74, 6) is -0.130. The minimum Gasteiger partial charge on any atom is -0.353 e. The van der Waals surface area contributed by atoms with E-state index >= 15 is 0 Å². The summed E-state index contributed by atoms with van der Waals surface area (Å²) >= 11 is 0. The molecule has 1 N–H and O–H groups in total. The van der Waals surface area contributed by atoms with Crippen molar-refractivity contribution in [1.82, 2.24) is 5.32 Å². The van der Waals surface area contributed by atoms with Crippen LogP contribution in [0.5, 0.6) is 0 Å². The molecular weight excluding hydrogens is 178 g/mol. The molecule has 0 bridgehead atoms. The van der Waals surface area contributed by atoms with Gasteiger partial charge in [0, 0.05) is 18.4 Å². The standard InChI is InChI=1S/C11H19NO2/c1-9(8-13)7-11(14)12-10-5-3-2-4-6-10/h8-10H,2-7H2,1H3,(H,12,14)/t9-/m0/s1. The first-order chi connectivity index (χ1) is 6.72. The highest BCUT2D eigenvalue weighted by molar-refractivity contribution is 5.79. The molecule has 0 radical (unpaired) electrons. The molecule has 3 heteroatoms. The number of hydrogen-bond donors (Lipinski definition) is 1. The molecule has 1 rings (SSSR count). The molecule has 1 aliphatic carbocycles. The Morgan fingerprint density at radius 2 is 2.07 bits per heavy atom. The highest BCUT2D eigenvalue weighted by atomic mass is 16.1. The van der Waals surface area contributed by atoms with E-state index in [2.05, 4.69) is 5.32 Å². The Hall–Kier alpha value is -0.860. The predicted molar refractivity (Wildman–Crippen MR) is 54.9 cm³/mol.